The van der Waals surface area contributed by atoms with Crippen molar-refractivity contribution in [1.82, 2.24) is 19.9 Å². The lowest BCUT2D eigenvalue weighted by Crippen LogP contribution is -2.33. The van der Waals surface area contributed by atoms with Crippen LogP contribution in [0.4, 0.5) is 0 Å². The summed E-state index contributed by atoms with van der Waals surface area (Å²) in [6.45, 7) is 1.51. The predicted octanol–water partition coefficient (Wildman–Crippen LogP) is -1.92. The Hall–Kier alpha value is -1.65. The Morgan fingerprint density at radius 3 is 2.45 bits per heavy atom. The number of aromatic amines is 1. The molecule has 5 N–H and O–H groups in total. The van der Waals surface area contributed by atoms with Crippen LogP contribution in [0.5, 0.6) is 0 Å². The quantitative estimate of drug-likeness (QED) is 0.407. The summed E-state index contributed by atoms with van der Waals surface area (Å²) in [5.74, 6) is 0. The van der Waals surface area contributed by atoms with E-state index in [2.05, 4.69) is 24.7 Å². The molecule has 1 unspecified atom stereocenters. The number of aliphatic hydroxyl groups is 4. The Labute approximate surface area is 113 Å². The van der Waals surface area contributed by atoms with Gasteiger partial charge in [0.2, 0.25) is 0 Å². The SMILES string of the molecule is Cc1ncnc2nc[nH]c12.OC[C@H]1OC(O)[C@H](O)[C@@H]1O. The summed E-state index contributed by atoms with van der Waals surface area (Å²) in [5.41, 5.74) is 2.58. The molecule has 20 heavy (non-hydrogen) atoms. The molecule has 0 aromatic carbocycles. The number of hydrogen-bond donors (Lipinski definition) is 5. The molecule has 0 saturated carbocycles. The van der Waals surface area contributed by atoms with Gasteiger partial charge >= 0.3 is 0 Å². The van der Waals surface area contributed by atoms with E-state index in [-0.39, 0.29) is 0 Å². The largest absolute Gasteiger partial charge is 0.394 e. The van der Waals surface area contributed by atoms with Crippen molar-refractivity contribution >= 4 is 11.2 Å². The molecule has 4 atom stereocenters. The van der Waals surface area contributed by atoms with Gasteiger partial charge in [0.05, 0.1) is 18.6 Å². The van der Waals surface area contributed by atoms with E-state index in [1.54, 1.807) is 6.33 Å². The molecule has 1 fully saturated rings. The van der Waals surface area contributed by atoms with Gasteiger partial charge < -0.3 is 30.1 Å². The molecule has 1 aliphatic heterocycles. The fraction of sp³-hybridized carbons (Fsp3) is 0.545. The maximum absolute atomic E-state index is 8.93. The van der Waals surface area contributed by atoms with Gasteiger partial charge in [-0.25, -0.2) is 15.0 Å². The molecule has 0 aliphatic carbocycles. The maximum atomic E-state index is 8.93. The molecule has 0 bridgehead atoms. The highest BCUT2D eigenvalue weighted by Gasteiger charge is 2.41. The second kappa shape index (κ2) is 6.20. The highest BCUT2D eigenvalue weighted by atomic mass is 16.6. The standard InChI is InChI=1S/C6H6N4.C5H10O5/c1-4-5-6(9-2-7-4)10-3-8-5;6-1-2-3(7)4(8)5(9)10-2/h2-3H,1H3,(H,7,8,9,10);2-9H,1H2/t;2-,3-,4-,5?/m.1/s1. The van der Waals surface area contributed by atoms with E-state index in [4.69, 9.17) is 20.4 Å². The van der Waals surface area contributed by atoms with Gasteiger partial charge in [-0.05, 0) is 6.92 Å². The summed E-state index contributed by atoms with van der Waals surface area (Å²) < 4.78 is 4.54. The summed E-state index contributed by atoms with van der Waals surface area (Å²) in [6.07, 6.45) is -1.63. The van der Waals surface area contributed by atoms with Crippen LogP contribution in [-0.2, 0) is 4.74 Å². The summed E-state index contributed by atoms with van der Waals surface area (Å²) in [4.78, 5) is 14.9. The van der Waals surface area contributed by atoms with Gasteiger partial charge in [-0.2, -0.15) is 0 Å². The number of rotatable bonds is 1. The van der Waals surface area contributed by atoms with Gasteiger partial charge in [0.25, 0.3) is 0 Å². The monoisotopic (exact) mass is 284 g/mol. The molecular weight excluding hydrogens is 268 g/mol. The Balaban J connectivity index is 0.000000147. The van der Waals surface area contributed by atoms with Gasteiger partial charge in [-0.15, -0.1) is 0 Å². The highest BCUT2D eigenvalue weighted by molar-refractivity contribution is 5.71. The van der Waals surface area contributed by atoms with Crippen molar-refractivity contribution in [1.29, 1.82) is 0 Å². The molecule has 9 heteroatoms. The third kappa shape index (κ3) is 2.92. The normalized spacial score (nSPS) is 29.2. The van der Waals surface area contributed by atoms with Crippen molar-refractivity contribution in [2.45, 2.75) is 31.5 Å². The van der Waals surface area contributed by atoms with Crippen molar-refractivity contribution in [3.05, 3.63) is 18.3 Å². The second-order valence-electron chi connectivity index (χ2n) is 4.29. The number of aryl methyl sites for hydroxylation is 1. The van der Waals surface area contributed by atoms with Gasteiger partial charge in [0.1, 0.15) is 30.2 Å². The number of aliphatic hydroxyl groups excluding tert-OH is 4. The average Bonchev–Trinajstić information content (AvgIpc) is 3.01. The fourth-order valence-corrected chi connectivity index (χ4v) is 1.77. The van der Waals surface area contributed by atoms with E-state index in [0.29, 0.717) is 0 Å². The summed E-state index contributed by atoms with van der Waals surface area (Å²) >= 11 is 0. The third-order valence-corrected chi connectivity index (χ3v) is 2.93. The Morgan fingerprint density at radius 2 is 1.95 bits per heavy atom. The third-order valence-electron chi connectivity index (χ3n) is 2.93. The van der Waals surface area contributed by atoms with E-state index in [1.165, 1.54) is 6.33 Å². The summed E-state index contributed by atoms with van der Waals surface area (Å²) in [6, 6.07) is 0. The Kier molecular flexibility index (Phi) is 4.57. The van der Waals surface area contributed by atoms with Crippen molar-refractivity contribution in [3.8, 4) is 0 Å². The minimum Gasteiger partial charge on any atom is -0.394 e. The van der Waals surface area contributed by atoms with E-state index in [9.17, 15) is 0 Å². The number of nitrogens with one attached hydrogen (secondary N) is 1. The first-order valence-corrected chi connectivity index (χ1v) is 5.95. The zero-order valence-electron chi connectivity index (χ0n) is 10.7. The fourth-order valence-electron chi connectivity index (χ4n) is 1.77. The number of hydrogen-bond acceptors (Lipinski definition) is 8. The van der Waals surface area contributed by atoms with E-state index in [0.717, 1.165) is 16.9 Å². The lowest BCUT2D eigenvalue weighted by atomic mass is 10.1. The first kappa shape index (κ1) is 14.8. The number of H-pyrrole nitrogens is 1. The van der Waals surface area contributed by atoms with Crippen LogP contribution in [0.2, 0.25) is 0 Å². The molecule has 2 aromatic rings. The van der Waals surface area contributed by atoms with E-state index < -0.39 is 31.2 Å². The zero-order valence-corrected chi connectivity index (χ0v) is 10.7. The van der Waals surface area contributed by atoms with Crippen LogP contribution in [-0.4, -0.2) is 71.6 Å². The number of ether oxygens (including phenoxy) is 1. The molecule has 0 spiro atoms. The van der Waals surface area contributed by atoms with Gasteiger partial charge in [0, 0.05) is 0 Å². The Bertz CT molecular complexity index is 562. The number of nitrogens with zero attached hydrogens (tertiary/aromatic N) is 3. The second-order valence-corrected chi connectivity index (χ2v) is 4.29. The van der Waals surface area contributed by atoms with Crippen LogP contribution < -0.4 is 0 Å². The number of imidazole rings is 1. The highest BCUT2D eigenvalue weighted by Crippen LogP contribution is 2.18. The first-order chi connectivity index (χ1) is 9.54. The van der Waals surface area contributed by atoms with Gasteiger partial charge in [-0.3, -0.25) is 0 Å². The maximum Gasteiger partial charge on any atom is 0.184 e. The molecule has 1 aliphatic rings. The van der Waals surface area contributed by atoms with Crippen LogP contribution in [0.25, 0.3) is 11.2 Å². The molecule has 0 radical (unpaired) electrons. The minimum atomic E-state index is -1.38. The van der Waals surface area contributed by atoms with Crippen LogP contribution in [0.3, 0.4) is 0 Å². The lowest BCUT2D eigenvalue weighted by Gasteiger charge is -2.09. The summed E-state index contributed by atoms with van der Waals surface area (Å²) in [7, 11) is 0. The number of fused-ring (bicyclic) bond motifs is 1. The van der Waals surface area contributed by atoms with Crippen molar-refractivity contribution in [2.24, 2.45) is 0 Å². The molecule has 1 saturated heterocycles. The van der Waals surface area contributed by atoms with Crippen LogP contribution in [0, 0.1) is 6.92 Å². The number of aromatic nitrogens is 4. The van der Waals surface area contributed by atoms with Crippen LogP contribution >= 0.6 is 0 Å². The minimum absolute atomic E-state index is 0.407. The molecule has 0 amide bonds. The molecule has 110 valence electrons. The molecule has 2 aromatic heterocycles. The van der Waals surface area contributed by atoms with Gasteiger partial charge in [-0.1, -0.05) is 0 Å². The van der Waals surface area contributed by atoms with Crippen molar-refractivity contribution < 1.29 is 25.2 Å². The molecule has 3 heterocycles. The predicted molar refractivity (Wildman–Crippen MR) is 66.4 cm³/mol. The molecule has 9 nitrogen and oxygen atoms in total. The van der Waals surface area contributed by atoms with E-state index >= 15 is 0 Å². The van der Waals surface area contributed by atoms with E-state index in [1.807, 2.05) is 6.92 Å². The Morgan fingerprint density at radius 1 is 1.20 bits per heavy atom. The lowest BCUT2D eigenvalue weighted by molar-refractivity contribution is -0.132. The molecule has 3 rings (SSSR count). The average molecular weight is 284 g/mol. The first-order valence-electron chi connectivity index (χ1n) is 5.95. The smallest absolute Gasteiger partial charge is 0.184 e. The summed E-state index contributed by atoms with van der Waals surface area (Å²) in [5, 5.41) is 35.0. The van der Waals surface area contributed by atoms with Crippen molar-refractivity contribution in [2.75, 3.05) is 6.61 Å². The molecular formula is C11H16N4O5. The van der Waals surface area contributed by atoms with Crippen molar-refractivity contribution in [3.63, 3.8) is 0 Å². The van der Waals surface area contributed by atoms with Gasteiger partial charge in [0.15, 0.2) is 11.9 Å². The zero-order chi connectivity index (χ0) is 14.7. The van der Waals surface area contributed by atoms with Crippen LogP contribution in [0.1, 0.15) is 5.69 Å². The topological polar surface area (TPSA) is 145 Å². The van der Waals surface area contributed by atoms with Crippen LogP contribution in [0.15, 0.2) is 12.7 Å².